The predicted octanol–water partition coefficient (Wildman–Crippen LogP) is 1.05. The van der Waals surface area contributed by atoms with Crippen LogP contribution in [-0.2, 0) is 19.1 Å². The number of esters is 1. The molecule has 0 saturated carbocycles. The van der Waals surface area contributed by atoms with Gasteiger partial charge in [0.1, 0.15) is 0 Å². The highest BCUT2D eigenvalue weighted by Gasteiger charge is 2.51. The molecule has 1 aromatic rings. The van der Waals surface area contributed by atoms with Crippen LogP contribution in [0.1, 0.15) is 5.56 Å². The summed E-state index contributed by atoms with van der Waals surface area (Å²) < 4.78 is 9.91. The number of carbonyl (C=O) groups excluding carboxylic acids is 2. The van der Waals surface area contributed by atoms with Gasteiger partial charge in [0.15, 0.2) is 11.9 Å². The molecule has 0 spiro atoms. The SMILES string of the molecule is COC(=O)[C@]1(N)C(=O)C=CO[C@@H]1/C=C/c1ccccc1. The largest absolute Gasteiger partial charge is 0.491 e. The molecule has 20 heavy (non-hydrogen) atoms. The first kappa shape index (κ1) is 14.0. The van der Waals surface area contributed by atoms with Crippen molar-refractivity contribution in [3.63, 3.8) is 0 Å². The molecule has 0 radical (unpaired) electrons. The van der Waals surface area contributed by atoms with Crippen molar-refractivity contribution in [2.45, 2.75) is 11.6 Å². The molecule has 0 fully saturated rings. The monoisotopic (exact) mass is 273 g/mol. The number of rotatable bonds is 3. The van der Waals surface area contributed by atoms with Crippen LogP contribution in [0, 0.1) is 0 Å². The lowest BCUT2D eigenvalue weighted by Crippen LogP contribution is -2.64. The second-order valence-electron chi connectivity index (χ2n) is 4.35. The minimum absolute atomic E-state index is 0.543. The van der Waals surface area contributed by atoms with Crippen LogP contribution < -0.4 is 5.73 Å². The third kappa shape index (κ3) is 2.48. The lowest BCUT2D eigenvalue weighted by atomic mass is 9.86. The molecule has 1 aliphatic heterocycles. The van der Waals surface area contributed by atoms with Gasteiger partial charge in [-0.3, -0.25) is 4.79 Å². The second-order valence-corrected chi connectivity index (χ2v) is 4.35. The first-order valence-corrected chi connectivity index (χ1v) is 6.06. The Hall–Kier alpha value is -2.40. The Morgan fingerprint density at radius 3 is 2.75 bits per heavy atom. The van der Waals surface area contributed by atoms with Crippen LogP contribution in [0.25, 0.3) is 6.08 Å². The van der Waals surface area contributed by atoms with Gasteiger partial charge in [-0.25, -0.2) is 4.79 Å². The highest BCUT2D eigenvalue weighted by molar-refractivity contribution is 6.14. The van der Waals surface area contributed by atoms with Crippen molar-refractivity contribution in [3.8, 4) is 0 Å². The minimum atomic E-state index is -1.85. The van der Waals surface area contributed by atoms with Crippen molar-refractivity contribution in [2.75, 3.05) is 7.11 Å². The number of benzene rings is 1. The highest BCUT2D eigenvalue weighted by Crippen LogP contribution is 2.22. The molecule has 5 nitrogen and oxygen atoms in total. The average molecular weight is 273 g/mol. The van der Waals surface area contributed by atoms with E-state index < -0.39 is 23.4 Å². The average Bonchev–Trinajstić information content (AvgIpc) is 2.49. The molecule has 1 heterocycles. The summed E-state index contributed by atoms with van der Waals surface area (Å²) in [5, 5.41) is 0. The van der Waals surface area contributed by atoms with Crippen LogP contribution in [0.4, 0.5) is 0 Å². The zero-order valence-electron chi connectivity index (χ0n) is 11.0. The third-order valence-corrected chi connectivity index (χ3v) is 3.09. The summed E-state index contributed by atoms with van der Waals surface area (Å²) in [6.45, 7) is 0. The van der Waals surface area contributed by atoms with Crippen molar-refractivity contribution in [3.05, 3.63) is 54.3 Å². The van der Waals surface area contributed by atoms with E-state index in [2.05, 4.69) is 4.74 Å². The number of nitrogens with two attached hydrogens (primary N) is 1. The molecule has 1 aromatic carbocycles. The Bertz CT molecular complexity index is 564. The molecule has 104 valence electrons. The number of methoxy groups -OCH3 is 1. The van der Waals surface area contributed by atoms with E-state index in [4.69, 9.17) is 10.5 Å². The fourth-order valence-corrected chi connectivity index (χ4v) is 1.92. The fourth-order valence-electron chi connectivity index (χ4n) is 1.92. The molecule has 2 rings (SSSR count). The standard InChI is InChI=1S/C15H15NO4/c1-19-14(18)15(16)12(17)9-10-20-13(15)8-7-11-5-3-2-4-6-11/h2-10,13H,16H2,1H3/b8-7+/t13-,15+/m1/s1. The van der Waals surface area contributed by atoms with E-state index in [9.17, 15) is 9.59 Å². The van der Waals surface area contributed by atoms with Crippen LogP contribution >= 0.6 is 0 Å². The van der Waals surface area contributed by atoms with Crippen LogP contribution in [0.5, 0.6) is 0 Å². The number of ether oxygens (including phenoxy) is 2. The predicted molar refractivity (Wildman–Crippen MR) is 73.4 cm³/mol. The molecule has 1 aliphatic rings. The van der Waals surface area contributed by atoms with Crippen LogP contribution in [0.3, 0.4) is 0 Å². The molecule has 0 amide bonds. The summed E-state index contributed by atoms with van der Waals surface area (Å²) in [5.74, 6) is -1.37. The van der Waals surface area contributed by atoms with E-state index in [1.165, 1.54) is 13.4 Å². The second kappa shape index (κ2) is 5.71. The fraction of sp³-hybridized carbons (Fsp3) is 0.200. The summed E-state index contributed by atoms with van der Waals surface area (Å²) in [6.07, 6.45) is 4.77. The van der Waals surface area contributed by atoms with E-state index in [-0.39, 0.29) is 0 Å². The van der Waals surface area contributed by atoms with Gasteiger partial charge in [-0.15, -0.1) is 0 Å². The van der Waals surface area contributed by atoms with Gasteiger partial charge in [0.25, 0.3) is 0 Å². The Labute approximate surface area is 116 Å². The molecular weight excluding hydrogens is 258 g/mol. The van der Waals surface area contributed by atoms with Crippen LogP contribution in [0.2, 0.25) is 0 Å². The van der Waals surface area contributed by atoms with Gasteiger partial charge in [-0.1, -0.05) is 36.4 Å². The van der Waals surface area contributed by atoms with Gasteiger partial charge in [0.05, 0.1) is 13.4 Å². The Balaban J connectivity index is 2.29. The van der Waals surface area contributed by atoms with Gasteiger partial charge in [-0.05, 0) is 11.6 Å². The van der Waals surface area contributed by atoms with Crippen LogP contribution in [-0.4, -0.2) is 30.5 Å². The summed E-state index contributed by atoms with van der Waals surface area (Å²) in [7, 11) is 1.18. The van der Waals surface area contributed by atoms with Gasteiger partial charge in [0.2, 0.25) is 5.54 Å². The number of hydrogen-bond donors (Lipinski definition) is 1. The van der Waals surface area contributed by atoms with Crippen molar-refractivity contribution in [1.29, 1.82) is 0 Å². The normalized spacial score (nSPS) is 25.5. The van der Waals surface area contributed by atoms with Gasteiger partial charge in [-0.2, -0.15) is 0 Å². The third-order valence-electron chi connectivity index (χ3n) is 3.09. The topological polar surface area (TPSA) is 78.6 Å². The molecule has 0 saturated heterocycles. The lowest BCUT2D eigenvalue weighted by Gasteiger charge is -2.32. The molecule has 5 heteroatoms. The Morgan fingerprint density at radius 2 is 2.10 bits per heavy atom. The summed E-state index contributed by atoms with van der Waals surface area (Å²) in [6, 6.07) is 9.41. The molecule has 0 unspecified atom stereocenters. The maximum atomic E-state index is 11.9. The smallest absolute Gasteiger partial charge is 0.338 e. The molecule has 0 aliphatic carbocycles. The van der Waals surface area contributed by atoms with Crippen molar-refractivity contribution < 1.29 is 19.1 Å². The summed E-state index contributed by atoms with van der Waals surface area (Å²) >= 11 is 0. The van der Waals surface area contributed by atoms with E-state index in [0.29, 0.717) is 0 Å². The maximum Gasteiger partial charge on any atom is 0.338 e. The summed E-state index contributed by atoms with van der Waals surface area (Å²) in [5.41, 5.74) is 4.97. The van der Waals surface area contributed by atoms with Crippen LogP contribution in [0.15, 0.2) is 48.7 Å². The summed E-state index contributed by atoms with van der Waals surface area (Å²) in [4.78, 5) is 23.7. The molecule has 0 bridgehead atoms. The van der Waals surface area contributed by atoms with Crippen molar-refractivity contribution >= 4 is 17.8 Å². The lowest BCUT2D eigenvalue weighted by molar-refractivity contribution is -0.155. The quantitative estimate of drug-likeness (QED) is 0.658. The minimum Gasteiger partial charge on any atom is -0.491 e. The van der Waals surface area contributed by atoms with Gasteiger partial charge >= 0.3 is 5.97 Å². The van der Waals surface area contributed by atoms with E-state index in [1.54, 1.807) is 12.2 Å². The first-order valence-electron chi connectivity index (χ1n) is 6.06. The Morgan fingerprint density at radius 1 is 1.40 bits per heavy atom. The number of carbonyl (C=O) groups is 2. The van der Waals surface area contributed by atoms with E-state index in [1.807, 2.05) is 30.3 Å². The molecule has 2 atom stereocenters. The molecule has 0 aromatic heterocycles. The first-order chi connectivity index (χ1) is 9.59. The van der Waals surface area contributed by atoms with Crippen molar-refractivity contribution in [1.82, 2.24) is 0 Å². The van der Waals surface area contributed by atoms with E-state index >= 15 is 0 Å². The molecular formula is C15H15NO4. The van der Waals surface area contributed by atoms with Gasteiger partial charge in [0, 0.05) is 6.08 Å². The number of hydrogen-bond acceptors (Lipinski definition) is 5. The maximum absolute atomic E-state index is 11.9. The molecule has 2 N–H and O–H groups in total. The Kier molecular flexibility index (Phi) is 4.00. The highest BCUT2D eigenvalue weighted by atomic mass is 16.5. The number of ketones is 1. The zero-order chi connectivity index (χ0) is 14.6. The van der Waals surface area contributed by atoms with Crippen molar-refractivity contribution in [2.24, 2.45) is 5.73 Å². The van der Waals surface area contributed by atoms with E-state index in [0.717, 1.165) is 11.6 Å². The zero-order valence-corrected chi connectivity index (χ0v) is 11.0. The van der Waals surface area contributed by atoms with Gasteiger partial charge < -0.3 is 15.2 Å².